The Morgan fingerprint density at radius 1 is 1.25 bits per heavy atom. The summed E-state index contributed by atoms with van der Waals surface area (Å²) in [6.07, 6.45) is 14.8. The van der Waals surface area contributed by atoms with E-state index in [-0.39, 0.29) is 0 Å². The molecule has 0 aliphatic rings. The first-order valence-electron chi connectivity index (χ1n) is 5.49. The van der Waals surface area contributed by atoms with Gasteiger partial charge in [-0.15, -0.1) is 6.58 Å². The van der Waals surface area contributed by atoms with Crippen molar-refractivity contribution >= 4 is 5.70 Å². The summed E-state index contributed by atoms with van der Waals surface area (Å²) in [5, 5.41) is 0. The second-order valence-electron chi connectivity index (χ2n) is 3.11. The maximum atomic E-state index is 3.67. The van der Waals surface area contributed by atoms with Crippen molar-refractivity contribution in [3.63, 3.8) is 0 Å². The molecule has 1 heteroatoms. The third-order valence-electron chi connectivity index (χ3n) is 1.82. The molecular weight excluding hydrogens is 194 g/mol. The third-order valence-corrected chi connectivity index (χ3v) is 1.82. The second-order valence-corrected chi connectivity index (χ2v) is 3.11. The highest BCUT2D eigenvalue weighted by Crippen LogP contribution is 2.06. The minimum absolute atomic E-state index is 1.08. The Morgan fingerprint density at radius 3 is 2.19 bits per heavy atom. The number of allylic oxidation sites excluding steroid dienone is 6. The SMILES string of the molecule is C=C/C=C(\C=C/C)n1cccc1.C=CCC. The number of rotatable bonds is 4. The first kappa shape index (κ1) is 14.2. The summed E-state index contributed by atoms with van der Waals surface area (Å²) in [7, 11) is 0. The zero-order chi connectivity index (χ0) is 12.2. The summed E-state index contributed by atoms with van der Waals surface area (Å²) in [4.78, 5) is 0. The highest BCUT2D eigenvalue weighted by atomic mass is 14.9. The van der Waals surface area contributed by atoms with Crippen molar-refractivity contribution in [1.29, 1.82) is 0 Å². The molecule has 0 fully saturated rings. The van der Waals surface area contributed by atoms with Gasteiger partial charge in [-0.1, -0.05) is 31.7 Å². The molecule has 1 aromatic rings. The van der Waals surface area contributed by atoms with Crippen LogP contribution in [-0.2, 0) is 0 Å². The van der Waals surface area contributed by atoms with Crippen LogP contribution in [0.3, 0.4) is 0 Å². The van der Waals surface area contributed by atoms with Crippen molar-refractivity contribution < 1.29 is 0 Å². The molecule has 0 saturated heterocycles. The van der Waals surface area contributed by atoms with E-state index >= 15 is 0 Å². The van der Waals surface area contributed by atoms with E-state index in [1.165, 1.54) is 0 Å². The Balaban J connectivity index is 0.000000487. The van der Waals surface area contributed by atoms with Crippen molar-refractivity contribution in [1.82, 2.24) is 4.57 Å². The first-order chi connectivity index (χ1) is 7.79. The molecule has 0 amide bonds. The van der Waals surface area contributed by atoms with Gasteiger partial charge in [0.25, 0.3) is 0 Å². The van der Waals surface area contributed by atoms with Crippen LogP contribution < -0.4 is 0 Å². The van der Waals surface area contributed by atoms with Crippen LogP contribution in [-0.4, -0.2) is 4.57 Å². The predicted molar refractivity (Wildman–Crippen MR) is 74.2 cm³/mol. The average Bonchev–Trinajstić information content (AvgIpc) is 2.82. The molecule has 0 bridgehead atoms. The van der Waals surface area contributed by atoms with E-state index in [1.54, 1.807) is 6.08 Å². The van der Waals surface area contributed by atoms with Crippen LogP contribution in [0.25, 0.3) is 5.70 Å². The molecule has 16 heavy (non-hydrogen) atoms. The maximum absolute atomic E-state index is 3.67. The third kappa shape index (κ3) is 5.86. The van der Waals surface area contributed by atoms with Gasteiger partial charge in [0.1, 0.15) is 0 Å². The molecule has 1 aromatic heterocycles. The molecule has 1 rings (SSSR count). The molecule has 0 radical (unpaired) electrons. The molecule has 0 aliphatic heterocycles. The molecule has 0 N–H and O–H groups in total. The van der Waals surface area contributed by atoms with E-state index in [4.69, 9.17) is 0 Å². The van der Waals surface area contributed by atoms with E-state index in [2.05, 4.69) is 20.1 Å². The van der Waals surface area contributed by atoms with Crippen molar-refractivity contribution in [2.75, 3.05) is 0 Å². The standard InChI is InChI=1S/C11H13N.C4H8/c1-3-7-11(8-4-2)12-9-5-6-10-12;1-3-4-2/h3-10H,1H2,2H3;3H,1,4H2,2H3/b8-4-,11-7+;. The number of nitrogens with zero attached hydrogens (tertiary/aromatic N) is 1. The lowest BCUT2D eigenvalue weighted by Crippen LogP contribution is -1.88. The van der Waals surface area contributed by atoms with E-state index in [0.717, 1.165) is 12.1 Å². The number of hydrogen-bond donors (Lipinski definition) is 0. The summed E-state index contributed by atoms with van der Waals surface area (Å²) in [6.45, 7) is 11.2. The second kappa shape index (κ2) is 9.78. The van der Waals surface area contributed by atoms with Crippen LogP contribution in [0.1, 0.15) is 20.3 Å². The van der Waals surface area contributed by atoms with Crippen molar-refractivity contribution in [2.24, 2.45) is 0 Å². The van der Waals surface area contributed by atoms with Crippen molar-refractivity contribution in [3.8, 4) is 0 Å². The summed E-state index contributed by atoms with van der Waals surface area (Å²) in [5.41, 5.74) is 1.12. The molecule has 0 aliphatic carbocycles. The van der Waals surface area contributed by atoms with Gasteiger partial charge < -0.3 is 4.57 Å². The minimum Gasteiger partial charge on any atom is -0.324 e. The fourth-order valence-electron chi connectivity index (χ4n) is 1.03. The normalized spacial score (nSPS) is 10.8. The molecule has 1 heterocycles. The lowest BCUT2D eigenvalue weighted by Gasteiger charge is -2.01. The molecule has 0 unspecified atom stereocenters. The van der Waals surface area contributed by atoms with E-state index in [0.29, 0.717) is 0 Å². The molecule has 0 spiro atoms. The van der Waals surface area contributed by atoms with Gasteiger partial charge in [-0.2, -0.15) is 0 Å². The fourth-order valence-corrected chi connectivity index (χ4v) is 1.03. The Labute approximate surface area is 99.1 Å². The van der Waals surface area contributed by atoms with Crippen LogP contribution in [0.5, 0.6) is 0 Å². The Bertz CT molecular complexity index is 340. The van der Waals surface area contributed by atoms with Gasteiger partial charge >= 0.3 is 0 Å². The van der Waals surface area contributed by atoms with E-state index < -0.39 is 0 Å². The quantitative estimate of drug-likeness (QED) is 0.508. The highest BCUT2D eigenvalue weighted by molar-refractivity contribution is 5.58. The summed E-state index contributed by atoms with van der Waals surface area (Å²) in [5.74, 6) is 0. The Kier molecular flexibility index (Phi) is 8.71. The molecule has 86 valence electrons. The van der Waals surface area contributed by atoms with E-state index in [1.807, 2.05) is 60.3 Å². The average molecular weight is 215 g/mol. The zero-order valence-corrected chi connectivity index (χ0v) is 10.3. The van der Waals surface area contributed by atoms with Gasteiger partial charge in [-0.25, -0.2) is 0 Å². The zero-order valence-electron chi connectivity index (χ0n) is 10.3. The van der Waals surface area contributed by atoms with Gasteiger partial charge in [0.2, 0.25) is 0 Å². The Hall–Kier alpha value is -1.76. The number of hydrogen-bond acceptors (Lipinski definition) is 0. The van der Waals surface area contributed by atoms with Crippen LogP contribution in [0.15, 0.2) is 68.1 Å². The molecule has 1 nitrogen and oxygen atoms in total. The summed E-state index contributed by atoms with van der Waals surface area (Å²) < 4.78 is 2.04. The van der Waals surface area contributed by atoms with Crippen LogP contribution in [0.4, 0.5) is 0 Å². The maximum Gasteiger partial charge on any atom is 0.0445 e. The summed E-state index contributed by atoms with van der Waals surface area (Å²) >= 11 is 0. The summed E-state index contributed by atoms with van der Waals surface area (Å²) in [6, 6.07) is 4.00. The largest absolute Gasteiger partial charge is 0.324 e. The fraction of sp³-hybridized carbons (Fsp3) is 0.200. The van der Waals surface area contributed by atoms with Crippen molar-refractivity contribution in [3.05, 3.63) is 68.1 Å². The predicted octanol–water partition coefficient (Wildman–Crippen LogP) is 4.67. The first-order valence-corrected chi connectivity index (χ1v) is 5.49. The topological polar surface area (TPSA) is 4.93 Å². The van der Waals surface area contributed by atoms with Gasteiger partial charge in [-0.05, 0) is 37.6 Å². The molecular formula is C15H21N. The van der Waals surface area contributed by atoms with Gasteiger partial charge in [-0.3, -0.25) is 0 Å². The Morgan fingerprint density at radius 2 is 1.81 bits per heavy atom. The van der Waals surface area contributed by atoms with Gasteiger partial charge in [0, 0.05) is 18.1 Å². The lowest BCUT2D eigenvalue weighted by molar-refractivity contribution is 1.13. The number of aromatic nitrogens is 1. The van der Waals surface area contributed by atoms with Gasteiger partial charge in [0.15, 0.2) is 0 Å². The molecule has 0 aromatic carbocycles. The minimum atomic E-state index is 1.08. The van der Waals surface area contributed by atoms with Crippen LogP contribution in [0, 0.1) is 0 Å². The lowest BCUT2D eigenvalue weighted by atomic mass is 10.3. The molecule has 0 atom stereocenters. The van der Waals surface area contributed by atoms with Crippen LogP contribution >= 0.6 is 0 Å². The smallest absolute Gasteiger partial charge is 0.0445 e. The van der Waals surface area contributed by atoms with Crippen LogP contribution in [0.2, 0.25) is 0 Å². The van der Waals surface area contributed by atoms with Crippen molar-refractivity contribution in [2.45, 2.75) is 20.3 Å². The van der Waals surface area contributed by atoms with E-state index in [9.17, 15) is 0 Å². The molecule has 0 saturated carbocycles. The van der Waals surface area contributed by atoms with Gasteiger partial charge in [0.05, 0.1) is 0 Å². The highest BCUT2D eigenvalue weighted by Gasteiger charge is 1.90. The monoisotopic (exact) mass is 215 g/mol.